The van der Waals surface area contributed by atoms with Crippen LogP contribution in [0, 0.1) is 6.92 Å². The van der Waals surface area contributed by atoms with Crippen molar-refractivity contribution in [3.05, 3.63) is 27.8 Å². The highest BCUT2D eigenvalue weighted by atomic mass is 32.1. The van der Waals surface area contributed by atoms with Gasteiger partial charge in [0.1, 0.15) is 5.01 Å². The number of aromatic nitrogens is 3. The molecule has 0 atom stereocenters. The van der Waals surface area contributed by atoms with Gasteiger partial charge in [-0.3, -0.25) is 4.99 Å². The lowest BCUT2D eigenvalue weighted by Gasteiger charge is -2.09. The van der Waals surface area contributed by atoms with Gasteiger partial charge >= 0.3 is 0 Å². The molecule has 2 aromatic rings. The lowest BCUT2D eigenvalue weighted by atomic mass is 10.4. The van der Waals surface area contributed by atoms with Crippen molar-refractivity contribution in [3.8, 4) is 0 Å². The molecule has 0 spiro atoms. The third kappa shape index (κ3) is 4.82. The normalized spacial score (nSPS) is 11.7. The molecule has 0 amide bonds. The summed E-state index contributed by atoms with van der Waals surface area (Å²) in [7, 11) is 1.74. The Labute approximate surface area is 127 Å². The summed E-state index contributed by atoms with van der Waals surface area (Å²) >= 11 is 1.72. The van der Waals surface area contributed by atoms with Crippen molar-refractivity contribution in [2.75, 3.05) is 13.6 Å². The van der Waals surface area contributed by atoms with Crippen molar-refractivity contribution >= 4 is 17.3 Å². The lowest BCUT2D eigenvalue weighted by Crippen LogP contribution is -2.37. The minimum Gasteiger partial charge on any atom is -0.356 e. The lowest BCUT2D eigenvalue weighted by molar-refractivity contribution is 0.374. The van der Waals surface area contributed by atoms with E-state index in [1.807, 2.05) is 6.20 Å². The average Bonchev–Trinajstić information content (AvgIpc) is 3.11. The number of rotatable bonds is 6. The quantitative estimate of drug-likeness (QED) is 0.618. The smallest absolute Gasteiger partial charge is 0.228 e. The van der Waals surface area contributed by atoms with Crippen LogP contribution in [0.25, 0.3) is 0 Å². The van der Waals surface area contributed by atoms with Gasteiger partial charge in [0.05, 0.1) is 6.54 Å². The molecule has 0 saturated carbocycles. The van der Waals surface area contributed by atoms with Gasteiger partial charge in [-0.1, -0.05) is 12.1 Å². The fourth-order valence-electron chi connectivity index (χ4n) is 1.70. The van der Waals surface area contributed by atoms with E-state index in [9.17, 15) is 0 Å². The summed E-state index contributed by atoms with van der Waals surface area (Å²) < 4.78 is 5.05. The van der Waals surface area contributed by atoms with Crippen molar-refractivity contribution in [3.63, 3.8) is 0 Å². The van der Waals surface area contributed by atoms with Gasteiger partial charge in [0, 0.05) is 31.1 Å². The third-order valence-electron chi connectivity index (χ3n) is 2.78. The van der Waals surface area contributed by atoms with Gasteiger partial charge in [-0.05, 0) is 13.3 Å². The van der Waals surface area contributed by atoms with Gasteiger partial charge < -0.3 is 15.2 Å². The molecule has 0 aliphatic rings. The Morgan fingerprint density at radius 2 is 2.29 bits per heavy atom. The van der Waals surface area contributed by atoms with Crippen LogP contribution in [-0.4, -0.2) is 34.7 Å². The number of aryl methyl sites for hydroxylation is 2. The van der Waals surface area contributed by atoms with Gasteiger partial charge in [0.15, 0.2) is 11.8 Å². The van der Waals surface area contributed by atoms with Crippen LogP contribution < -0.4 is 10.6 Å². The number of aliphatic imine (C=N–C) groups is 1. The van der Waals surface area contributed by atoms with E-state index < -0.39 is 0 Å². The van der Waals surface area contributed by atoms with Crippen LogP contribution in [0.1, 0.15) is 28.5 Å². The maximum atomic E-state index is 5.05. The van der Waals surface area contributed by atoms with E-state index in [0.717, 1.165) is 17.4 Å². The molecule has 0 aliphatic heterocycles. The first-order valence-electron chi connectivity index (χ1n) is 6.88. The van der Waals surface area contributed by atoms with Crippen molar-refractivity contribution < 1.29 is 4.52 Å². The molecule has 21 heavy (non-hydrogen) atoms. The first-order valence-corrected chi connectivity index (χ1v) is 7.70. The zero-order valence-corrected chi connectivity index (χ0v) is 13.3. The first kappa shape index (κ1) is 15.4. The molecular formula is C13H20N6OS. The second-order valence-corrected chi connectivity index (χ2v) is 5.61. The summed E-state index contributed by atoms with van der Waals surface area (Å²) in [6, 6.07) is 0. The van der Waals surface area contributed by atoms with Crippen LogP contribution in [0.4, 0.5) is 0 Å². The molecule has 2 N–H and O–H groups in total. The maximum Gasteiger partial charge on any atom is 0.228 e. The monoisotopic (exact) mass is 308 g/mol. The van der Waals surface area contributed by atoms with E-state index in [-0.39, 0.29) is 0 Å². The molecule has 0 fully saturated rings. The highest BCUT2D eigenvalue weighted by Crippen LogP contribution is 2.12. The Bertz CT molecular complexity index is 591. The zero-order valence-electron chi connectivity index (χ0n) is 12.5. The van der Waals surface area contributed by atoms with Gasteiger partial charge in [0.2, 0.25) is 5.89 Å². The molecule has 0 saturated heterocycles. The van der Waals surface area contributed by atoms with Crippen LogP contribution in [0.3, 0.4) is 0 Å². The van der Waals surface area contributed by atoms with Crippen molar-refractivity contribution in [1.82, 2.24) is 25.8 Å². The van der Waals surface area contributed by atoms with Crippen LogP contribution >= 0.6 is 11.3 Å². The number of nitrogens with one attached hydrogen (secondary N) is 2. The van der Waals surface area contributed by atoms with Crippen LogP contribution in [0.5, 0.6) is 0 Å². The summed E-state index contributed by atoms with van der Waals surface area (Å²) in [5.74, 6) is 2.02. The molecule has 114 valence electrons. The van der Waals surface area contributed by atoms with E-state index >= 15 is 0 Å². The molecule has 8 heteroatoms. The zero-order chi connectivity index (χ0) is 15.1. The molecule has 2 aromatic heterocycles. The summed E-state index contributed by atoms with van der Waals surface area (Å²) in [6.07, 6.45) is 3.61. The number of hydrogen-bond acceptors (Lipinski definition) is 6. The topological polar surface area (TPSA) is 88.2 Å². The van der Waals surface area contributed by atoms with Crippen molar-refractivity contribution in [2.24, 2.45) is 4.99 Å². The predicted molar refractivity (Wildman–Crippen MR) is 82.4 cm³/mol. The molecule has 7 nitrogen and oxygen atoms in total. The second-order valence-electron chi connectivity index (χ2n) is 4.41. The van der Waals surface area contributed by atoms with E-state index in [1.54, 1.807) is 25.3 Å². The van der Waals surface area contributed by atoms with E-state index in [2.05, 4.69) is 37.7 Å². The van der Waals surface area contributed by atoms with E-state index in [1.165, 1.54) is 4.88 Å². The summed E-state index contributed by atoms with van der Waals surface area (Å²) in [4.78, 5) is 14.0. The van der Waals surface area contributed by atoms with Crippen LogP contribution in [0.15, 0.2) is 15.7 Å². The van der Waals surface area contributed by atoms with Gasteiger partial charge in [-0.15, -0.1) is 11.3 Å². The largest absolute Gasteiger partial charge is 0.356 e. The van der Waals surface area contributed by atoms with Crippen LogP contribution in [-0.2, 0) is 19.4 Å². The Hall–Kier alpha value is -1.96. The Balaban J connectivity index is 1.73. The molecule has 0 bridgehead atoms. The molecule has 2 heterocycles. The van der Waals surface area contributed by atoms with Crippen molar-refractivity contribution in [2.45, 2.75) is 33.2 Å². The molecule has 2 rings (SSSR count). The second kappa shape index (κ2) is 7.72. The van der Waals surface area contributed by atoms with Gasteiger partial charge in [-0.2, -0.15) is 4.98 Å². The van der Waals surface area contributed by atoms with Gasteiger partial charge in [0.25, 0.3) is 0 Å². The Kier molecular flexibility index (Phi) is 5.68. The summed E-state index contributed by atoms with van der Waals surface area (Å²) in [5.41, 5.74) is 0. The number of thiazole rings is 1. The van der Waals surface area contributed by atoms with E-state index in [0.29, 0.717) is 31.2 Å². The number of guanidine groups is 1. The van der Waals surface area contributed by atoms with E-state index in [4.69, 9.17) is 4.52 Å². The minimum atomic E-state index is 0.628. The minimum absolute atomic E-state index is 0.628. The Morgan fingerprint density at radius 3 is 2.90 bits per heavy atom. The molecule has 0 radical (unpaired) electrons. The SMILES string of the molecule is CCc1cnc(CNC(=NC)NCCc2nc(C)no2)s1. The summed E-state index contributed by atoms with van der Waals surface area (Å²) in [5, 5.41) is 11.3. The van der Waals surface area contributed by atoms with Crippen molar-refractivity contribution in [1.29, 1.82) is 0 Å². The maximum absolute atomic E-state index is 5.05. The number of hydrogen-bond donors (Lipinski definition) is 2. The van der Waals surface area contributed by atoms with Crippen LogP contribution in [0.2, 0.25) is 0 Å². The molecule has 0 aliphatic carbocycles. The Morgan fingerprint density at radius 1 is 1.43 bits per heavy atom. The number of nitrogens with zero attached hydrogens (tertiary/aromatic N) is 4. The average molecular weight is 308 g/mol. The standard InChI is InChI=1S/C13H20N6OS/c1-4-10-7-16-12(21-10)8-17-13(14-3)15-6-5-11-18-9(2)19-20-11/h7H,4-6,8H2,1-3H3,(H2,14,15,17). The highest BCUT2D eigenvalue weighted by Gasteiger charge is 2.05. The molecule has 0 unspecified atom stereocenters. The molecule has 0 aromatic carbocycles. The third-order valence-corrected chi connectivity index (χ3v) is 3.92. The molecular weight excluding hydrogens is 288 g/mol. The predicted octanol–water partition coefficient (Wildman–Crippen LogP) is 1.30. The fraction of sp³-hybridized carbons (Fsp3) is 0.538. The summed E-state index contributed by atoms with van der Waals surface area (Å²) in [6.45, 7) is 5.29. The first-order chi connectivity index (χ1) is 10.2. The fourth-order valence-corrected chi connectivity index (χ4v) is 2.50. The van der Waals surface area contributed by atoms with Gasteiger partial charge in [-0.25, -0.2) is 4.98 Å². The highest BCUT2D eigenvalue weighted by molar-refractivity contribution is 7.11.